The van der Waals surface area contributed by atoms with Crippen molar-refractivity contribution >= 4 is 29.4 Å². The maximum atomic E-state index is 12.4. The van der Waals surface area contributed by atoms with Crippen LogP contribution >= 0.6 is 11.8 Å². The molecule has 2 aliphatic heterocycles. The number of benzene rings is 1. The number of hydrogen-bond donors (Lipinski definition) is 2. The van der Waals surface area contributed by atoms with Crippen molar-refractivity contribution in [2.45, 2.75) is 39.2 Å². The number of urea groups is 1. The zero-order valence-corrected chi connectivity index (χ0v) is 18.5. The minimum Gasteiger partial charge on any atom is -0.341 e. The maximum Gasteiger partial charge on any atom is 0.319 e. The molecule has 7 heteroatoms. The van der Waals surface area contributed by atoms with Crippen molar-refractivity contribution in [1.82, 2.24) is 15.1 Å². The van der Waals surface area contributed by atoms with Crippen LogP contribution in [0.2, 0.25) is 0 Å². The van der Waals surface area contributed by atoms with Gasteiger partial charge in [-0.05, 0) is 36.5 Å². The fourth-order valence-electron chi connectivity index (χ4n) is 3.93. The Morgan fingerprint density at radius 3 is 2.34 bits per heavy atom. The molecule has 1 aromatic carbocycles. The topological polar surface area (TPSA) is 64.7 Å². The lowest BCUT2D eigenvalue weighted by Gasteiger charge is -2.33. The quantitative estimate of drug-likeness (QED) is 0.745. The molecular weight excluding hydrogens is 384 g/mol. The van der Waals surface area contributed by atoms with Gasteiger partial charge in [0.15, 0.2) is 0 Å². The molecule has 2 N–H and O–H groups in total. The second-order valence-electron chi connectivity index (χ2n) is 8.43. The molecule has 0 atom stereocenters. The van der Waals surface area contributed by atoms with E-state index in [0.717, 1.165) is 68.3 Å². The largest absolute Gasteiger partial charge is 0.341 e. The molecule has 0 aromatic heterocycles. The van der Waals surface area contributed by atoms with E-state index in [1.54, 1.807) is 0 Å². The van der Waals surface area contributed by atoms with Crippen LogP contribution < -0.4 is 10.6 Å². The van der Waals surface area contributed by atoms with Gasteiger partial charge in [0.25, 0.3) is 0 Å². The highest BCUT2D eigenvalue weighted by atomic mass is 32.2. The minimum absolute atomic E-state index is 0.151. The highest BCUT2D eigenvalue weighted by molar-refractivity contribution is 7.99. The summed E-state index contributed by atoms with van der Waals surface area (Å²) >= 11 is 1.90. The molecule has 29 heavy (non-hydrogen) atoms. The number of thioether (sulfide) groups is 1. The van der Waals surface area contributed by atoms with Gasteiger partial charge in [0.1, 0.15) is 0 Å². The SMILES string of the molecule is CC(C)CN1CCC(NC(=O)Nc2ccc(CC(=O)N3CCSCC3)cc2)CC1. The first-order valence-electron chi connectivity index (χ1n) is 10.7. The van der Waals surface area contributed by atoms with E-state index < -0.39 is 0 Å². The van der Waals surface area contributed by atoms with E-state index >= 15 is 0 Å². The summed E-state index contributed by atoms with van der Waals surface area (Å²) in [6.45, 7) is 9.39. The number of likely N-dealkylation sites (tertiary alicyclic amines) is 1. The number of amides is 3. The second kappa shape index (κ2) is 10.9. The summed E-state index contributed by atoms with van der Waals surface area (Å²) < 4.78 is 0. The van der Waals surface area contributed by atoms with Crippen LogP contribution in [0.3, 0.4) is 0 Å². The normalized spacial score (nSPS) is 18.7. The van der Waals surface area contributed by atoms with E-state index in [1.807, 2.05) is 40.9 Å². The van der Waals surface area contributed by atoms with E-state index in [2.05, 4.69) is 29.4 Å². The van der Waals surface area contributed by atoms with Gasteiger partial charge >= 0.3 is 6.03 Å². The number of nitrogens with one attached hydrogen (secondary N) is 2. The molecule has 0 saturated carbocycles. The van der Waals surface area contributed by atoms with Crippen molar-refractivity contribution in [3.8, 4) is 0 Å². The second-order valence-corrected chi connectivity index (χ2v) is 9.66. The molecule has 2 fully saturated rings. The van der Waals surface area contributed by atoms with Crippen LogP contribution in [0.4, 0.5) is 10.5 Å². The van der Waals surface area contributed by atoms with Crippen molar-refractivity contribution in [2.75, 3.05) is 49.5 Å². The summed E-state index contributed by atoms with van der Waals surface area (Å²) in [7, 11) is 0. The highest BCUT2D eigenvalue weighted by Gasteiger charge is 2.21. The van der Waals surface area contributed by atoms with E-state index in [1.165, 1.54) is 0 Å². The molecular formula is C22H34N4O2S. The van der Waals surface area contributed by atoms with Crippen molar-refractivity contribution in [1.29, 1.82) is 0 Å². The van der Waals surface area contributed by atoms with Crippen molar-refractivity contribution in [3.63, 3.8) is 0 Å². The van der Waals surface area contributed by atoms with Gasteiger partial charge in [0, 0.05) is 56.0 Å². The van der Waals surface area contributed by atoms with Crippen LogP contribution in [0, 0.1) is 5.92 Å². The third-order valence-electron chi connectivity index (χ3n) is 5.48. The molecule has 6 nitrogen and oxygen atoms in total. The van der Waals surface area contributed by atoms with Gasteiger partial charge in [0.05, 0.1) is 6.42 Å². The number of carbonyl (C=O) groups excluding carboxylic acids is 2. The van der Waals surface area contributed by atoms with E-state index in [-0.39, 0.29) is 18.0 Å². The molecule has 0 spiro atoms. The van der Waals surface area contributed by atoms with E-state index in [4.69, 9.17) is 0 Å². The Labute approximate surface area is 178 Å². The number of anilines is 1. The molecule has 2 aliphatic rings. The van der Waals surface area contributed by atoms with Crippen molar-refractivity contribution in [3.05, 3.63) is 29.8 Å². The summed E-state index contributed by atoms with van der Waals surface area (Å²) in [6, 6.07) is 7.69. The van der Waals surface area contributed by atoms with Crippen LogP contribution in [-0.2, 0) is 11.2 Å². The van der Waals surface area contributed by atoms with Gasteiger partial charge < -0.3 is 20.4 Å². The predicted octanol–water partition coefficient (Wildman–Crippen LogP) is 3.05. The Kier molecular flexibility index (Phi) is 8.24. The molecule has 160 valence electrons. The standard InChI is InChI=1S/C22H34N4O2S/c1-17(2)16-25-9-7-20(8-10-25)24-22(28)23-19-5-3-18(4-6-19)15-21(27)26-11-13-29-14-12-26/h3-6,17,20H,7-16H2,1-2H3,(H2,23,24,28). The number of hydrogen-bond acceptors (Lipinski definition) is 4. The molecule has 0 unspecified atom stereocenters. The zero-order chi connectivity index (χ0) is 20.6. The molecule has 2 saturated heterocycles. The Morgan fingerprint density at radius 1 is 1.07 bits per heavy atom. The molecule has 0 bridgehead atoms. The molecule has 2 heterocycles. The highest BCUT2D eigenvalue weighted by Crippen LogP contribution is 2.15. The zero-order valence-electron chi connectivity index (χ0n) is 17.7. The van der Waals surface area contributed by atoms with E-state index in [9.17, 15) is 9.59 Å². The van der Waals surface area contributed by atoms with Crippen LogP contribution in [-0.4, -0.2) is 72.0 Å². The van der Waals surface area contributed by atoms with Crippen molar-refractivity contribution in [2.24, 2.45) is 5.92 Å². The summed E-state index contributed by atoms with van der Waals surface area (Å²) in [5.41, 5.74) is 1.74. The summed E-state index contributed by atoms with van der Waals surface area (Å²) in [6.07, 6.45) is 2.42. The third kappa shape index (κ3) is 7.23. The fourth-order valence-corrected chi connectivity index (χ4v) is 4.84. The lowest BCUT2D eigenvalue weighted by molar-refractivity contribution is -0.130. The van der Waals surface area contributed by atoms with Gasteiger partial charge in [-0.25, -0.2) is 4.79 Å². The predicted molar refractivity (Wildman–Crippen MR) is 121 cm³/mol. The van der Waals surface area contributed by atoms with Gasteiger partial charge in [-0.2, -0.15) is 11.8 Å². The fraction of sp³-hybridized carbons (Fsp3) is 0.636. The minimum atomic E-state index is -0.151. The number of rotatable bonds is 6. The number of nitrogens with zero attached hydrogens (tertiary/aromatic N) is 2. The Morgan fingerprint density at radius 2 is 1.72 bits per heavy atom. The van der Waals surface area contributed by atoms with Crippen LogP contribution in [0.15, 0.2) is 24.3 Å². The average Bonchev–Trinajstić information content (AvgIpc) is 2.71. The van der Waals surface area contributed by atoms with Crippen LogP contribution in [0.1, 0.15) is 32.3 Å². The van der Waals surface area contributed by atoms with Crippen LogP contribution in [0.25, 0.3) is 0 Å². The molecule has 3 amide bonds. The molecule has 0 radical (unpaired) electrons. The maximum absolute atomic E-state index is 12.4. The molecule has 1 aromatic rings. The van der Waals surface area contributed by atoms with Crippen LogP contribution in [0.5, 0.6) is 0 Å². The first-order valence-corrected chi connectivity index (χ1v) is 11.9. The first-order chi connectivity index (χ1) is 14.0. The van der Waals surface area contributed by atoms with E-state index in [0.29, 0.717) is 12.3 Å². The summed E-state index contributed by atoms with van der Waals surface area (Å²) in [5, 5.41) is 6.01. The first kappa shape index (κ1) is 22.0. The van der Waals surface area contributed by atoms with Gasteiger partial charge in [-0.15, -0.1) is 0 Å². The van der Waals surface area contributed by atoms with Crippen molar-refractivity contribution < 1.29 is 9.59 Å². The Balaban J connectivity index is 1.40. The third-order valence-corrected chi connectivity index (χ3v) is 6.42. The lowest BCUT2D eigenvalue weighted by atomic mass is 10.0. The molecule has 0 aliphatic carbocycles. The molecule has 3 rings (SSSR count). The average molecular weight is 419 g/mol. The smallest absolute Gasteiger partial charge is 0.319 e. The van der Waals surface area contributed by atoms with Gasteiger partial charge in [-0.3, -0.25) is 4.79 Å². The van der Waals surface area contributed by atoms with Gasteiger partial charge in [-0.1, -0.05) is 26.0 Å². The number of piperidine rings is 1. The van der Waals surface area contributed by atoms with Gasteiger partial charge in [0.2, 0.25) is 5.91 Å². The Hall–Kier alpha value is -1.73. The summed E-state index contributed by atoms with van der Waals surface area (Å²) in [5.74, 6) is 2.92. The monoisotopic (exact) mass is 418 g/mol. The lowest BCUT2D eigenvalue weighted by Crippen LogP contribution is -2.46. The Bertz CT molecular complexity index is 666. The number of carbonyl (C=O) groups is 2. The summed E-state index contributed by atoms with van der Waals surface area (Å²) in [4.78, 5) is 29.1.